The molecule has 2 heterocycles. The fraction of sp³-hybridized carbons (Fsp3) is 0.389. The van der Waals surface area contributed by atoms with Crippen molar-refractivity contribution in [2.75, 3.05) is 42.9 Å². The van der Waals surface area contributed by atoms with Gasteiger partial charge in [-0.2, -0.15) is 4.98 Å². The Bertz CT molecular complexity index is 731. The van der Waals surface area contributed by atoms with Crippen LogP contribution in [0.1, 0.15) is 11.3 Å². The molecule has 1 fully saturated rings. The van der Waals surface area contributed by atoms with Crippen molar-refractivity contribution in [2.45, 2.75) is 13.3 Å². The Labute approximate surface area is 146 Å². The molecule has 3 rings (SSSR count). The lowest BCUT2D eigenvalue weighted by atomic mass is 10.1. The van der Waals surface area contributed by atoms with Crippen LogP contribution in [0.4, 0.5) is 16.2 Å². The molecule has 7 heteroatoms. The summed E-state index contributed by atoms with van der Waals surface area (Å²) >= 11 is 0. The smallest absolute Gasteiger partial charge is 0.227 e. The maximum Gasteiger partial charge on any atom is 0.227 e. The third-order valence-electron chi connectivity index (χ3n) is 4.25. The number of nitrogens with one attached hydrogen (secondary N) is 1. The van der Waals surface area contributed by atoms with Gasteiger partial charge >= 0.3 is 0 Å². The summed E-state index contributed by atoms with van der Waals surface area (Å²) in [6, 6.07) is 8.68. The maximum atomic E-state index is 13.7. The molecule has 2 aromatic rings. The molecule has 0 atom stereocenters. The van der Waals surface area contributed by atoms with Gasteiger partial charge in [0.15, 0.2) is 0 Å². The number of amides is 1. The molecular weight excluding hydrogens is 321 g/mol. The number of benzene rings is 1. The first-order valence-electron chi connectivity index (χ1n) is 8.43. The van der Waals surface area contributed by atoms with Crippen molar-refractivity contribution in [3.63, 3.8) is 0 Å². The topological polar surface area (TPSA) is 61.4 Å². The normalized spacial score (nSPS) is 14.5. The fourth-order valence-corrected chi connectivity index (χ4v) is 2.84. The molecule has 0 spiro atoms. The molecule has 1 aliphatic rings. The molecule has 25 heavy (non-hydrogen) atoms. The van der Waals surface area contributed by atoms with E-state index in [0.717, 1.165) is 31.0 Å². The van der Waals surface area contributed by atoms with E-state index in [1.54, 1.807) is 17.0 Å². The van der Waals surface area contributed by atoms with Crippen molar-refractivity contribution in [3.05, 3.63) is 47.4 Å². The molecule has 1 aliphatic heterocycles. The molecule has 0 radical (unpaired) electrons. The number of hydrogen-bond donors (Lipinski definition) is 1. The molecule has 1 amide bonds. The van der Waals surface area contributed by atoms with Crippen LogP contribution in [0.3, 0.4) is 0 Å². The second kappa shape index (κ2) is 7.92. The van der Waals surface area contributed by atoms with Crippen LogP contribution in [-0.2, 0) is 11.2 Å². The number of piperazine rings is 1. The molecule has 0 saturated carbocycles. The summed E-state index contributed by atoms with van der Waals surface area (Å²) in [6.07, 6.45) is 1.47. The van der Waals surface area contributed by atoms with Gasteiger partial charge in [0.2, 0.25) is 12.4 Å². The average molecular weight is 343 g/mol. The highest BCUT2D eigenvalue weighted by Crippen LogP contribution is 2.16. The summed E-state index contributed by atoms with van der Waals surface area (Å²) in [5.74, 6) is 1.22. The first-order chi connectivity index (χ1) is 12.2. The van der Waals surface area contributed by atoms with E-state index in [-0.39, 0.29) is 5.82 Å². The number of rotatable bonds is 6. The number of aryl methyl sites for hydroxylation is 1. The second-order valence-electron chi connectivity index (χ2n) is 6.09. The number of aromatic nitrogens is 2. The Morgan fingerprint density at radius 1 is 1.20 bits per heavy atom. The Hall–Kier alpha value is -2.70. The highest BCUT2D eigenvalue weighted by molar-refractivity contribution is 5.49. The number of nitrogens with zero attached hydrogens (tertiary/aromatic N) is 4. The van der Waals surface area contributed by atoms with Gasteiger partial charge in [0, 0.05) is 44.5 Å². The van der Waals surface area contributed by atoms with Gasteiger partial charge in [0.1, 0.15) is 11.6 Å². The zero-order chi connectivity index (χ0) is 17.6. The summed E-state index contributed by atoms with van der Waals surface area (Å²) in [5.41, 5.74) is 1.56. The van der Waals surface area contributed by atoms with Gasteiger partial charge in [-0.1, -0.05) is 18.2 Å². The lowest BCUT2D eigenvalue weighted by molar-refractivity contribution is -0.118. The van der Waals surface area contributed by atoms with Crippen LogP contribution in [0.5, 0.6) is 0 Å². The van der Waals surface area contributed by atoms with Gasteiger partial charge in [0.25, 0.3) is 0 Å². The molecular formula is C18H22FN5O. The van der Waals surface area contributed by atoms with Crippen LogP contribution < -0.4 is 10.2 Å². The minimum absolute atomic E-state index is 0.183. The van der Waals surface area contributed by atoms with Gasteiger partial charge in [-0.05, 0) is 25.0 Å². The third-order valence-corrected chi connectivity index (χ3v) is 4.25. The van der Waals surface area contributed by atoms with Crippen LogP contribution in [0, 0.1) is 12.7 Å². The van der Waals surface area contributed by atoms with Gasteiger partial charge < -0.3 is 15.1 Å². The summed E-state index contributed by atoms with van der Waals surface area (Å²) in [7, 11) is 0. The van der Waals surface area contributed by atoms with E-state index in [9.17, 15) is 9.18 Å². The van der Waals surface area contributed by atoms with E-state index in [0.29, 0.717) is 37.6 Å². The highest BCUT2D eigenvalue weighted by Gasteiger charge is 2.18. The van der Waals surface area contributed by atoms with Gasteiger partial charge in [0.05, 0.1) is 0 Å². The van der Waals surface area contributed by atoms with Gasteiger partial charge in [-0.3, -0.25) is 4.79 Å². The van der Waals surface area contributed by atoms with Gasteiger partial charge in [-0.15, -0.1) is 0 Å². The third kappa shape index (κ3) is 4.43. The SMILES string of the molecule is Cc1cc(NCCc2ccccc2F)nc(N2CCN(C=O)CC2)n1. The molecule has 0 unspecified atom stereocenters. The minimum Gasteiger partial charge on any atom is -0.370 e. The van der Waals surface area contributed by atoms with Gasteiger partial charge in [-0.25, -0.2) is 9.37 Å². The first-order valence-corrected chi connectivity index (χ1v) is 8.43. The summed E-state index contributed by atoms with van der Waals surface area (Å²) in [6.45, 7) is 5.31. The van der Waals surface area contributed by atoms with Crippen LogP contribution in [-0.4, -0.2) is 54.0 Å². The van der Waals surface area contributed by atoms with Crippen LogP contribution >= 0.6 is 0 Å². The second-order valence-corrected chi connectivity index (χ2v) is 6.09. The Morgan fingerprint density at radius 3 is 2.68 bits per heavy atom. The lowest BCUT2D eigenvalue weighted by Gasteiger charge is -2.32. The Morgan fingerprint density at radius 2 is 1.96 bits per heavy atom. The fourth-order valence-electron chi connectivity index (χ4n) is 2.84. The molecule has 1 aromatic carbocycles. The monoisotopic (exact) mass is 343 g/mol. The largest absolute Gasteiger partial charge is 0.370 e. The molecule has 6 nitrogen and oxygen atoms in total. The lowest BCUT2D eigenvalue weighted by Crippen LogP contribution is -2.46. The molecule has 0 aliphatic carbocycles. The summed E-state index contributed by atoms with van der Waals surface area (Å²) in [5, 5.41) is 3.25. The average Bonchev–Trinajstić information content (AvgIpc) is 2.63. The standard InChI is InChI=1S/C18H22FN5O/c1-14-12-17(20-7-6-15-4-2-3-5-16(15)19)22-18(21-14)24-10-8-23(13-25)9-11-24/h2-5,12-13H,6-11H2,1H3,(H,20,21,22). The van der Waals surface area contributed by atoms with E-state index >= 15 is 0 Å². The van der Waals surface area contributed by atoms with Crippen molar-refractivity contribution >= 4 is 18.2 Å². The highest BCUT2D eigenvalue weighted by atomic mass is 19.1. The number of anilines is 2. The predicted molar refractivity (Wildman–Crippen MR) is 95.2 cm³/mol. The summed E-state index contributed by atoms with van der Waals surface area (Å²) in [4.78, 5) is 23.7. The van der Waals surface area contributed by atoms with Crippen molar-refractivity contribution < 1.29 is 9.18 Å². The van der Waals surface area contributed by atoms with Crippen molar-refractivity contribution in [1.29, 1.82) is 0 Å². The zero-order valence-corrected chi connectivity index (χ0v) is 14.3. The maximum absolute atomic E-state index is 13.7. The van der Waals surface area contributed by atoms with E-state index in [1.165, 1.54) is 6.07 Å². The van der Waals surface area contributed by atoms with E-state index in [1.807, 2.05) is 19.1 Å². The van der Waals surface area contributed by atoms with Crippen LogP contribution in [0.2, 0.25) is 0 Å². The number of carbonyl (C=O) groups excluding carboxylic acids is 1. The molecule has 1 saturated heterocycles. The zero-order valence-electron chi connectivity index (χ0n) is 14.3. The van der Waals surface area contributed by atoms with Crippen molar-refractivity contribution in [1.82, 2.24) is 14.9 Å². The van der Waals surface area contributed by atoms with Crippen LogP contribution in [0.25, 0.3) is 0 Å². The molecule has 0 bridgehead atoms. The van der Waals surface area contributed by atoms with Crippen molar-refractivity contribution in [2.24, 2.45) is 0 Å². The molecule has 132 valence electrons. The Balaban J connectivity index is 1.62. The van der Waals surface area contributed by atoms with E-state index in [2.05, 4.69) is 20.2 Å². The Kier molecular flexibility index (Phi) is 5.42. The number of carbonyl (C=O) groups is 1. The molecule has 1 aromatic heterocycles. The predicted octanol–water partition coefficient (Wildman–Crippen LogP) is 1.86. The quantitative estimate of drug-likeness (QED) is 0.811. The molecule has 1 N–H and O–H groups in total. The van der Waals surface area contributed by atoms with E-state index < -0.39 is 0 Å². The summed E-state index contributed by atoms with van der Waals surface area (Å²) < 4.78 is 13.7. The minimum atomic E-state index is -0.183. The van der Waals surface area contributed by atoms with Crippen molar-refractivity contribution in [3.8, 4) is 0 Å². The van der Waals surface area contributed by atoms with Crippen LogP contribution in [0.15, 0.2) is 30.3 Å². The van der Waals surface area contributed by atoms with E-state index in [4.69, 9.17) is 0 Å². The number of hydrogen-bond acceptors (Lipinski definition) is 5. The first kappa shape index (κ1) is 17.1. The number of halogens is 1.